The Kier molecular flexibility index (Phi) is 6.66. The van der Waals surface area contributed by atoms with Gasteiger partial charge in [0.2, 0.25) is 5.95 Å². The molecule has 0 atom stereocenters. The van der Waals surface area contributed by atoms with Crippen molar-refractivity contribution in [3.05, 3.63) is 35.5 Å². The van der Waals surface area contributed by atoms with Gasteiger partial charge in [-0.1, -0.05) is 5.16 Å². The molecule has 1 aliphatic carbocycles. The van der Waals surface area contributed by atoms with Crippen LogP contribution in [0.3, 0.4) is 0 Å². The first-order valence-corrected chi connectivity index (χ1v) is 10.8. The number of nitrogens with zero attached hydrogens (tertiary/aromatic N) is 6. The number of hydrazone groups is 1. The van der Waals surface area contributed by atoms with Crippen LogP contribution in [0.4, 0.5) is 17.6 Å². The van der Waals surface area contributed by atoms with Crippen molar-refractivity contribution in [1.29, 1.82) is 0 Å². The molecule has 2 aromatic heterocycles. The highest BCUT2D eigenvalue weighted by molar-refractivity contribution is 5.63. The third-order valence-electron chi connectivity index (χ3n) is 5.28. The summed E-state index contributed by atoms with van der Waals surface area (Å²) < 4.78 is 5.29. The molecule has 0 spiro atoms. The largest absolute Gasteiger partial charge is 0.359 e. The zero-order chi connectivity index (χ0) is 21.6. The predicted molar refractivity (Wildman–Crippen MR) is 122 cm³/mol. The molecule has 0 unspecified atom stereocenters. The van der Waals surface area contributed by atoms with Gasteiger partial charge in [-0.15, -0.1) is 0 Å². The molecule has 2 fully saturated rings. The summed E-state index contributed by atoms with van der Waals surface area (Å²) in [5.74, 6) is 4.25. The molecule has 0 radical (unpaired) electrons. The van der Waals surface area contributed by atoms with Crippen molar-refractivity contribution in [2.75, 3.05) is 48.8 Å². The minimum atomic E-state index is 0.465. The van der Waals surface area contributed by atoms with Crippen LogP contribution < -0.4 is 21.0 Å². The molecule has 0 aromatic carbocycles. The van der Waals surface area contributed by atoms with Gasteiger partial charge in [0, 0.05) is 44.5 Å². The molecule has 0 amide bonds. The Morgan fingerprint density at radius 1 is 1.23 bits per heavy atom. The van der Waals surface area contributed by atoms with E-state index < -0.39 is 0 Å². The number of likely N-dealkylation sites (N-methyl/N-ethyl adjacent to an activating group) is 1. The van der Waals surface area contributed by atoms with Gasteiger partial charge in [0.05, 0.1) is 12.2 Å². The summed E-state index contributed by atoms with van der Waals surface area (Å²) in [6.45, 7) is 8.18. The summed E-state index contributed by atoms with van der Waals surface area (Å²) >= 11 is 0. The lowest BCUT2D eigenvalue weighted by atomic mass is 10.3. The highest BCUT2D eigenvalue weighted by atomic mass is 16.5. The van der Waals surface area contributed by atoms with Crippen LogP contribution >= 0.6 is 0 Å². The third-order valence-corrected chi connectivity index (χ3v) is 5.28. The second kappa shape index (κ2) is 9.78. The zero-order valence-electron chi connectivity index (χ0n) is 18.4. The molecule has 1 aliphatic heterocycles. The summed E-state index contributed by atoms with van der Waals surface area (Å²) in [6, 6.07) is 3.88. The number of nitrogens with one attached hydrogen (secondary N) is 3. The van der Waals surface area contributed by atoms with Crippen LogP contribution in [0.15, 0.2) is 33.7 Å². The fourth-order valence-electron chi connectivity index (χ4n) is 3.20. The van der Waals surface area contributed by atoms with Gasteiger partial charge >= 0.3 is 0 Å². The number of piperazine rings is 1. The summed E-state index contributed by atoms with van der Waals surface area (Å²) in [5.41, 5.74) is 3.92. The van der Waals surface area contributed by atoms with Crippen LogP contribution in [0, 0.1) is 12.8 Å². The molecule has 4 rings (SSSR count). The van der Waals surface area contributed by atoms with E-state index >= 15 is 0 Å². The maximum atomic E-state index is 5.29. The fourth-order valence-corrected chi connectivity index (χ4v) is 3.20. The molecule has 10 heteroatoms. The Morgan fingerprint density at radius 2 is 2.03 bits per heavy atom. The lowest BCUT2D eigenvalue weighted by Crippen LogP contribution is -2.44. The number of aryl methyl sites for hydroxylation is 1. The molecular formula is C21H31N9O. The first-order chi connectivity index (χ1) is 15.1. The minimum absolute atomic E-state index is 0.465. The van der Waals surface area contributed by atoms with E-state index in [1.807, 2.05) is 38.3 Å². The van der Waals surface area contributed by atoms with E-state index in [1.165, 1.54) is 12.8 Å². The molecule has 166 valence electrons. The van der Waals surface area contributed by atoms with Gasteiger partial charge in [0.1, 0.15) is 17.5 Å². The normalized spacial score (nSPS) is 17.9. The van der Waals surface area contributed by atoms with Crippen LogP contribution in [-0.2, 0) is 6.54 Å². The lowest BCUT2D eigenvalue weighted by Gasteiger charge is -2.33. The molecule has 2 aliphatic rings. The van der Waals surface area contributed by atoms with Crippen LogP contribution in [-0.4, -0.2) is 59.5 Å². The Hall–Kier alpha value is -3.14. The number of anilines is 3. The van der Waals surface area contributed by atoms with Crippen LogP contribution in [0.5, 0.6) is 0 Å². The maximum absolute atomic E-state index is 5.29. The summed E-state index contributed by atoms with van der Waals surface area (Å²) in [4.78, 5) is 14.0. The fraction of sp³-hybridized carbons (Fsp3) is 0.524. The maximum Gasteiger partial charge on any atom is 0.227 e. The standard InChI is InChI=1S/C21H31N9O/c1-4-18(27-23-13-16-5-6-16)24-19-12-20(30-9-7-29(3)8-10-30)26-21(25-19)22-14-17-11-15(2)28-31-17/h4,11-13,16,27H,5-10,14H2,1-3H3,(H2,22,24,25,26)/b18-4-,23-13+. The highest BCUT2D eigenvalue weighted by Crippen LogP contribution is 2.26. The quantitative estimate of drug-likeness (QED) is 0.412. The van der Waals surface area contributed by atoms with Crippen molar-refractivity contribution in [2.45, 2.75) is 33.2 Å². The summed E-state index contributed by atoms with van der Waals surface area (Å²) in [6.07, 6.45) is 6.35. The second-order valence-corrected chi connectivity index (χ2v) is 8.07. The average molecular weight is 426 g/mol. The Morgan fingerprint density at radius 3 is 2.71 bits per heavy atom. The highest BCUT2D eigenvalue weighted by Gasteiger charge is 2.19. The van der Waals surface area contributed by atoms with E-state index in [1.54, 1.807) is 0 Å². The molecule has 2 aromatic rings. The van der Waals surface area contributed by atoms with Crippen LogP contribution in [0.2, 0.25) is 0 Å². The first kappa shape index (κ1) is 21.1. The lowest BCUT2D eigenvalue weighted by molar-refractivity contribution is 0.312. The van der Waals surface area contributed by atoms with E-state index in [-0.39, 0.29) is 0 Å². The van der Waals surface area contributed by atoms with Gasteiger partial charge < -0.3 is 25.0 Å². The van der Waals surface area contributed by atoms with E-state index in [9.17, 15) is 0 Å². The van der Waals surface area contributed by atoms with Gasteiger partial charge in [-0.25, -0.2) is 0 Å². The van der Waals surface area contributed by atoms with Crippen LogP contribution in [0.1, 0.15) is 31.2 Å². The molecule has 1 saturated carbocycles. The number of rotatable bonds is 9. The van der Waals surface area contributed by atoms with Gasteiger partial charge in [-0.2, -0.15) is 15.1 Å². The molecular weight excluding hydrogens is 394 g/mol. The summed E-state index contributed by atoms with van der Waals surface area (Å²) in [5, 5.41) is 14.8. The van der Waals surface area contributed by atoms with E-state index in [4.69, 9.17) is 9.51 Å². The Balaban J connectivity index is 1.49. The summed E-state index contributed by atoms with van der Waals surface area (Å²) in [7, 11) is 2.14. The van der Waals surface area contributed by atoms with Crippen molar-refractivity contribution < 1.29 is 4.52 Å². The van der Waals surface area contributed by atoms with Crippen LogP contribution in [0.25, 0.3) is 0 Å². The van der Waals surface area contributed by atoms with E-state index in [2.05, 4.69) is 48.1 Å². The first-order valence-electron chi connectivity index (χ1n) is 10.8. The minimum Gasteiger partial charge on any atom is -0.359 e. The molecule has 3 heterocycles. The number of allylic oxidation sites excluding steroid dienone is 1. The average Bonchev–Trinajstić information content (AvgIpc) is 3.50. The Bertz CT molecular complexity index is 927. The molecule has 10 nitrogen and oxygen atoms in total. The SMILES string of the molecule is C/C=C(\N/N=C/C1CC1)Nc1cc(N2CCN(C)CC2)nc(NCc2cc(C)no2)n1. The van der Waals surface area contributed by atoms with Crippen molar-refractivity contribution in [3.63, 3.8) is 0 Å². The Labute approximate surface area is 182 Å². The molecule has 1 saturated heterocycles. The smallest absolute Gasteiger partial charge is 0.227 e. The van der Waals surface area contributed by atoms with Crippen molar-refractivity contribution in [3.8, 4) is 0 Å². The number of hydrogen-bond acceptors (Lipinski definition) is 10. The molecule has 31 heavy (non-hydrogen) atoms. The van der Waals surface area contributed by atoms with Gasteiger partial charge in [0.25, 0.3) is 0 Å². The number of hydrogen-bond donors (Lipinski definition) is 3. The topological polar surface area (TPSA) is 107 Å². The van der Waals surface area contributed by atoms with Gasteiger partial charge in [-0.3, -0.25) is 5.43 Å². The zero-order valence-corrected chi connectivity index (χ0v) is 18.4. The van der Waals surface area contributed by atoms with Gasteiger partial charge in [-0.05, 0) is 45.7 Å². The molecule has 3 N–H and O–H groups in total. The van der Waals surface area contributed by atoms with E-state index in [0.29, 0.717) is 24.2 Å². The van der Waals surface area contributed by atoms with E-state index in [0.717, 1.165) is 49.3 Å². The third kappa shape index (κ3) is 6.17. The molecule has 0 bridgehead atoms. The predicted octanol–water partition coefficient (Wildman–Crippen LogP) is 2.40. The van der Waals surface area contributed by atoms with Crippen molar-refractivity contribution >= 4 is 23.8 Å². The van der Waals surface area contributed by atoms with Crippen molar-refractivity contribution in [2.24, 2.45) is 11.0 Å². The number of aromatic nitrogens is 3. The van der Waals surface area contributed by atoms with Crippen molar-refractivity contribution in [1.82, 2.24) is 25.5 Å². The van der Waals surface area contributed by atoms with Gasteiger partial charge in [0.15, 0.2) is 5.76 Å². The second-order valence-electron chi connectivity index (χ2n) is 8.07. The monoisotopic (exact) mass is 425 g/mol.